The molecule has 9 heteroatoms. The van der Waals surface area contributed by atoms with E-state index in [1.807, 2.05) is 45.0 Å². The number of hydrogen-bond donors (Lipinski definition) is 1. The summed E-state index contributed by atoms with van der Waals surface area (Å²) in [5, 5.41) is 3.52. The quantitative estimate of drug-likeness (QED) is 0.484. The van der Waals surface area contributed by atoms with E-state index in [0.29, 0.717) is 17.1 Å². The van der Waals surface area contributed by atoms with Crippen LogP contribution in [-0.2, 0) is 26.2 Å². The van der Waals surface area contributed by atoms with Crippen molar-refractivity contribution in [1.29, 1.82) is 0 Å². The highest BCUT2D eigenvalue weighted by molar-refractivity contribution is 7.92. The normalized spacial score (nSPS) is 14.9. The van der Waals surface area contributed by atoms with Crippen LogP contribution in [0, 0.1) is 13.8 Å². The fourth-order valence-electron chi connectivity index (χ4n) is 4.64. The third-order valence-electron chi connectivity index (χ3n) is 6.65. The van der Waals surface area contributed by atoms with E-state index >= 15 is 0 Å². The Labute approximate surface area is 219 Å². The maximum Gasteiger partial charge on any atom is 0.244 e. The monoisotopic (exact) mass is 533 g/mol. The number of sulfonamides is 1. The molecule has 2 amide bonds. The summed E-state index contributed by atoms with van der Waals surface area (Å²) in [6.45, 7) is 5.41. The molecule has 3 rings (SSSR count). The third kappa shape index (κ3) is 7.23. The molecule has 1 aliphatic rings. The molecule has 196 valence electrons. The van der Waals surface area contributed by atoms with Crippen LogP contribution >= 0.6 is 11.6 Å². The SMILES string of the molecule is CC[C@H](C(=O)NC1CCCC1)N(Cc1cccc(C)c1)C(=O)CN(c1ccc(C)c(Cl)c1)S(C)(=O)=O. The topological polar surface area (TPSA) is 86.8 Å². The molecule has 1 fully saturated rings. The summed E-state index contributed by atoms with van der Waals surface area (Å²) < 4.78 is 26.5. The van der Waals surface area contributed by atoms with E-state index in [4.69, 9.17) is 11.6 Å². The van der Waals surface area contributed by atoms with Crippen LogP contribution < -0.4 is 9.62 Å². The summed E-state index contributed by atoms with van der Waals surface area (Å²) in [6, 6.07) is 12.0. The Bertz CT molecular complexity index is 1200. The number of halogens is 1. The fraction of sp³-hybridized carbons (Fsp3) is 0.481. The third-order valence-corrected chi connectivity index (χ3v) is 8.19. The molecule has 36 heavy (non-hydrogen) atoms. The second kappa shape index (κ2) is 12.1. The van der Waals surface area contributed by atoms with E-state index in [1.165, 1.54) is 4.90 Å². The van der Waals surface area contributed by atoms with Gasteiger partial charge in [-0.15, -0.1) is 0 Å². The summed E-state index contributed by atoms with van der Waals surface area (Å²) >= 11 is 6.25. The summed E-state index contributed by atoms with van der Waals surface area (Å²) in [5.41, 5.74) is 3.02. The molecule has 0 radical (unpaired) electrons. The molecular formula is C27H36ClN3O4S. The molecule has 1 aliphatic carbocycles. The average Bonchev–Trinajstić information content (AvgIpc) is 3.31. The second-order valence-electron chi connectivity index (χ2n) is 9.63. The molecule has 0 heterocycles. The number of anilines is 1. The van der Waals surface area contributed by atoms with Crippen LogP contribution in [0.5, 0.6) is 0 Å². The van der Waals surface area contributed by atoms with Gasteiger partial charge in [0.05, 0.1) is 11.9 Å². The van der Waals surface area contributed by atoms with Gasteiger partial charge >= 0.3 is 0 Å². The molecular weight excluding hydrogens is 498 g/mol. The van der Waals surface area contributed by atoms with E-state index in [0.717, 1.165) is 52.9 Å². The number of amides is 2. The molecule has 0 aliphatic heterocycles. The smallest absolute Gasteiger partial charge is 0.244 e. The first-order valence-corrected chi connectivity index (χ1v) is 14.6. The zero-order valence-electron chi connectivity index (χ0n) is 21.5. The number of hydrogen-bond acceptors (Lipinski definition) is 4. The zero-order valence-corrected chi connectivity index (χ0v) is 23.0. The molecule has 2 aromatic rings. The summed E-state index contributed by atoms with van der Waals surface area (Å²) in [6.07, 6.45) is 5.49. The Morgan fingerprint density at radius 2 is 1.81 bits per heavy atom. The number of nitrogens with zero attached hydrogens (tertiary/aromatic N) is 2. The lowest BCUT2D eigenvalue weighted by Gasteiger charge is -2.33. The molecule has 2 aromatic carbocycles. The van der Waals surface area contributed by atoms with E-state index in [-0.39, 0.29) is 18.5 Å². The average molecular weight is 534 g/mol. The van der Waals surface area contributed by atoms with Crippen molar-refractivity contribution >= 4 is 39.1 Å². The molecule has 1 atom stereocenters. The van der Waals surface area contributed by atoms with Gasteiger partial charge in [0.25, 0.3) is 0 Å². The fourth-order valence-corrected chi connectivity index (χ4v) is 5.66. The van der Waals surface area contributed by atoms with Crippen molar-refractivity contribution < 1.29 is 18.0 Å². The minimum absolute atomic E-state index is 0.115. The van der Waals surface area contributed by atoms with Crippen LogP contribution in [0.1, 0.15) is 55.7 Å². The van der Waals surface area contributed by atoms with Gasteiger partial charge in [-0.05, 0) is 56.4 Å². The van der Waals surface area contributed by atoms with Crippen molar-refractivity contribution in [3.8, 4) is 0 Å². The van der Waals surface area contributed by atoms with Crippen LogP contribution in [0.3, 0.4) is 0 Å². The predicted molar refractivity (Wildman–Crippen MR) is 145 cm³/mol. The Balaban J connectivity index is 1.93. The Hall–Kier alpha value is -2.58. The summed E-state index contributed by atoms with van der Waals surface area (Å²) in [7, 11) is -3.80. The van der Waals surface area contributed by atoms with E-state index < -0.39 is 28.5 Å². The number of carbonyl (C=O) groups is 2. The Morgan fingerprint density at radius 1 is 1.11 bits per heavy atom. The predicted octanol–water partition coefficient (Wildman–Crippen LogP) is 4.59. The van der Waals surface area contributed by atoms with Gasteiger partial charge in [0, 0.05) is 17.6 Å². The minimum atomic E-state index is -3.80. The molecule has 7 nitrogen and oxygen atoms in total. The molecule has 0 unspecified atom stereocenters. The zero-order chi connectivity index (χ0) is 26.5. The van der Waals surface area contributed by atoms with Crippen molar-refractivity contribution in [3.63, 3.8) is 0 Å². The van der Waals surface area contributed by atoms with Gasteiger partial charge in [-0.3, -0.25) is 13.9 Å². The highest BCUT2D eigenvalue weighted by Gasteiger charge is 2.33. The van der Waals surface area contributed by atoms with Gasteiger partial charge in [-0.2, -0.15) is 0 Å². The van der Waals surface area contributed by atoms with Gasteiger partial charge in [0.1, 0.15) is 12.6 Å². The highest BCUT2D eigenvalue weighted by atomic mass is 35.5. The van der Waals surface area contributed by atoms with Gasteiger partial charge < -0.3 is 10.2 Å². The standard InChI is InChI=1S/C27H36ClN3O4S/c1-5-25(27(33)29-22-11-6-7-12-22)30(17-21-10-8-9-19(2)15-21)26(32)18-31(36(4,34)35)23-14-13-20(3)24(28)16-23/h8-10,13-16,22,25H,5-7,11-12,17-18H2,1-4H3,(H,29,33)/t25-/m1/s1. The van der Waals surface area contributed by atoms with E-state index in [1.54, 1.807) is 18.2 Å². The van der Waals surface area contributed by atoms with Crippen molar-refractivity contribution in [2.75, 3.05) is 17.1 Å². The number of carbonyl (C=O) groups excluding carboxylic acids is 2. The molecule has 0 spiro atoms. The van der Waals surface area contributed by atoms with Crippen LogP contribution in [0.25, 0.3) is 0 Å². The number of rotatable bonds is 10. The van der Waals surface area contributed by atoms with Crippen molar-refractivity contribution in [1.82, 2.24) is 10.2 Å². The van der Waals surface area contributed by atoms with Gasteiger partial charge in [0.15, 0.2) is 0 Å². The van der Waals surface area contributed by atoms with Crippen LogP contribution in [0.4, 0.5) is 5.69 Å². The first-order chi connectivity index (χ1) is 17.0. The molecule has 0 saturated heterocycles. The molecule has 1 N–H and O–H groups in total. The first kappa shape index (κ1) is 28.0. The lowest BCUT2D eigenvalue weighted by atomic mass is 10.1. The van der Waals surface area contributed by atoms with Crippen molar-refractivity contribution in [2.45, 2.75) is 71.5 Å². The van der Waals surface area contributed by atoms with E-state index in [2.05, 4.69) is 5.32 Å². The Morgan fingerprint density at radius 3 is 2.39 bits per heavy atom. The number of benzene rings is 2. The van der Waals surface area contributed by atoms with Gasteiger partial charge in [0.2, 0.25) is 21.8 Å². The second-order valence-corrected chi connectivity index (χ2v) is 11.9. The van der Waals surface area contributed by atoms with Crippen LogP contribution in [0.15, 0.2) is 42.5 Å². The van der Waals surface area contributed by atoms with E-state index in [9.17, 15) is 18.0 Å². The van der Waals surface area contributed by atoms with Crippen LogP contribution in [0.2, 0.25) is 5.02 Å². The van der Waals surface area contributed by atoms with Crippen molar-refractivity contribution in [3.05, 3.63) is 64.2 Å². The largest absolute Gasteiger partial charge is 0.352 e. The van der Waals surface area contributed by atoms with Crippen molar-refractivity contribution in [2.24, 2.45) is 0 Å². The minimum Gasteiger partial charge on any atom is -0.352 e. The lowest BCUT2D eigenvalue weighted by Crippen LogP contribution is -2.53. The van der Waals surface area contributed by atoms with Crippen LogP contribution in [-0.4, -0.2) is 50.0 Å². The van der Waals surface area contributed by atoms with Gasteiger partial charge in [-0.25, -0.2) is 8.42 Å². The molecule has 1 saturated carbocycles. The summed E-state index contributed by atoms with van der Waals surface area (Å²) in [5.74, 6) is -0.651. The molecule has 0 aromatic heterocycles. The summed E-state index contributed by atoms with van der Waals surface area (Å²) in [4.78, 5) is 28.6. The maximum atomic E-state index is 13.8. The lowest BCUT2D eigenvalue weighted by molar-refractivity contribution is -0.140. The molecule has 0 bridgehead atoms. The maximum absolute atomic E-state index is 13.8. The number of nitrogens with one attached hydrogen (secondary N) is 1. The Kier molecular flexibility index (Phi) is 9.41. The van der Waals surface area contributed by atoms with Gasteiger partial charge in [-0.1, -0.05) is 67.3 Å². The first-order valence-electron chi connectivity index (χ1n) is 12.4. The number of aryl methyl sites for hydroxylation is 2. The highest BCUT2D eigenvalue weighted by Crippen LogP contribution is 2.26.